The number of carbonyl (C=O) groups excluding carboxylic acids is 1. The van der Waals surface area contributed by atoms with Crippen molar-refractivity contribution in [3.8, 4) is 5.69 Å². The summed E-state index contributed by atoms with van der Waals surface area (Å²) in [4.78, 5) is 14.9. The minimum absolute atomic E-state index is 0.0968. The molecule has 1 N–H and O–H groups in total. The lowest BCUT2D eigenvalue weighted by atomic mass is 10.2. The molecule has 1 atom stereocenters. The fourth-order valence-electron chi connectivity index (χ4n) is 3.37. The summed E-state index contributed by atoms with van der Waals surface area (Å²) in [5.41, 5.74) is 1.44. The summed E-state index contributed by atoms with van der Waals surface area (Å²) < 4.78 is 1.70. The molecule has 1 amide bonds. The van der Waals surface area contributed by atoms with Gasteiger partial charge in [0.25, 0.3) is 0 Å². The average Bonchev–Trinajstić information content (AvgIpc) is 3.34. The second kappa shape index (κ2) is 8.26. The van der Waals surface area contributed by atoms with Gasteiger partial charge in [-0.25, -0.2) is 0 Å². The maximum Gasteiger partial charge on any atom is 0.241 e. The molecule has 28 heavy (non-hydrogen) atoms. The molecule has 1 aliphatic rings. The molecule has 9 heteroatoms. The van der Waals surface area contributed by atoms with Crippen molar-refractivity contribution in [3.63, 3.8) is 0 Å². The van der Waals surface area contributed by atoms with Crippen LogP contribution < -0.4 is 5.32 Å². The van der Waals surface area contributed by atoms with Crippen LogP contribution in [0.1, 0.15) is 18.7 Å². The van der Waals surface area contributed by atoms with Crippen LogP contribution in [0.4, 0.5) is 5.69 Å². The third-order valence-corrected chi connectivity index (χ3v) is 5.28. The SMILES string of the molecule is O=C(Nc1ccc(Cl)cc1Cl)C1CCCN1Cc1nnnn1-c1ccccc1. The average molecular weight is 417 g/mol. The normalized spacial score (nSPS) is 17.0. The molecular formula is C19H18Cl2N6O. The maximum absolute atomic E-state index is 12.8. The summed E-state index contributed by atoms with van der Waals surface area (Å²) in [7, 11) is 0. The van der Waals surface area contributed by atoms with Crippen molar-refractivity contribution in [1.82, 2.24) is 25.1 Å². The van der Waals surface area contributed by atoms with Crippen LogP contribution in [-0.2, 0) is 11.3 Å². The van der Waals surface area contributed by atoms with E-state index in [0.29, 0.717) is 28.1 Å². The topological polar surface area (TPSA) is 75.9 Å². The first-order valence-electron chi connectivity index (χ1n) is 8.94. The Morgan fingerprint density at radius 1 is 1.18 bits per heavy atom. The van der Waals surface area contributed by atoms with Gasteiger partial charge in [-0.3, -0.25) is 9.69 Å². The molecule has 7 nitrogen and oxygen atoms in total. The molecule has 1 aromatic heterocycles. The highest BCUT2D eigenvalue weighted by molar-refractivity contribution is 6.36. The van der Waals surface area contributed by atoms with Crippen LogP contribution in [0.2, 0.25) is 10.0 Å². The van der Waals surface area contributed by atoms with Crippen LogP contribution in [0.5, 0.6) is 0 Å². The molecule has 0 radical (unpaired) electrons. The fourth-order valence-corrected chi connectivity index (χ4v) is 3.83. The number of hydrogen-bond acceptors (Lipinski definition) is 5. The maximum atomic E-state index is 12.8. The van der Waals surface area contributed by atoms with Gasteiger partial charge in [-0.2, -0.15) is 4.68 Å². The van der Waals surface area contributed by atoms with Crippen molar-refractivity contribution >= 4 is 34.8 Å². The highest BCUT2D eigenvalue weighted by Crippen LogP contribution is 2.27. The minimum atomic E-state index is -0.271. The van der Waals surface area contributed by atoms with Crippen molar-refractivity contribution < 1.29 is 4.79 Å². The Hall–Kier alpha value is -2.48. The van der Waals surface area contributed by atoms with E-state index in [4.69, 9.17) is 23.2 Å². The smallest absolute Gasteiger partial charge is 0.241 e. The second-order valence-electron chi connectivity index (χ2n) is 6.58. The van der Waals surface area contributed by atoms with Crippen molar-refractivity contribution in [2.75, 3.05) is 11.9 Å². The molecule has 1 aliphatic heterocycles. The molecular weight excluding hydrogens is 399 g/mol. The second-order valence-corrected chi connectivity index (χ2v) is 7.43. The van der Waals surface area contributed by atoms with Crippen LogP contribution in [0.15, 0.2) is 48.5 Å². The summed E-state index contributed by atoms with van der Waals surface area (Å²) >= 11 is 12.1. The van der Waals surface area contributed by atoms with Crippen LogP contribution in [0.3, 0.4) is 0 Å². The molecule has 0 spiro atoms. The lowest BCUT2D eigenvalue weighted by Crippen LogP contribution is -2.39. The van der Waals surface area contributed by atoms with Gasteiger partial charge in [-0.05, 0) is 60.1 Å². The Bertz CT molecular complexity index is 978. The number of amides is 1. The zero-order valence-corrected chi connectivity index (χ0v) is 16.4. The highest BCUT2D eigenvalue weighted by Gasteiger charge is 2.32. The van der Waals surface area contributed by atoms with Crippen molar-refractivity contribution in [2.24, 2.45) is 0 Å². The molecule has 4 rings (SSSR count). The molecule has 1 unspecified atom stereocenters. The first kappa shape index (κ1) is 18.9. The number of nitrogens with one attached hydrogen (secondary N) is 1. The van der Waals surface area contributed by atoms with E-state index >= 15 is 0 Å². The Morgan fingerprint density at radius 3 is 2.79 bits per heavy atom. The number of halogens is 2. The Morgan fingerprint density at radius 2 is 2.00 bits per heavy atom. The summed E-state index contributed by atoms with van der Waals surface area (Å²) in [6.07, 6.45) is 1.70. The summed E-state index contributed by atoms with van der Waals surface area (Å²) in [6, 6.07) is 14.4. The standard InChI is InChI=1S/C19H18Cl2N6O/c20-13-8-9-16(15(21)11-13)22-19(28)17-7-4-10-26(17)12-18-23-24-25-27(18)14-5-2-1-3-6-14/h1-3,5-6,8-9,11,17H,4,7,10,12H2,(H,22,28). The number of rotatable bonds is 5. The number of anilines is 1. The highest BCUT2D eigenvalue weighted by atomic mass is 35.5. The van der Waals surface area contributed by atoms with E-state index in [1.165, 1.54) is 0 Å². The summed E-state index contributed by atoms with van der Waals surface area (Å²) in [5, 5.41) is 15.9. The van der Waals surface area contributed by atoms with Gasteiger partial charge < -0.3 is 5.32 Å². The number of tetrazole rings is 1. The molecule has 0 saturated carbocycles. The van der Waals surface area contributed by atoms with Gasteiger partial charge in [0.1, 0.15) is 0 Å². The van der Waals surface area contributed by atoms with E-state index < -0.39 is 0 Å². The first-order chi connectivity index (χ1) is 13.6. The zero-order chi connectivity index (χ0) is 19.5. The molecule has 2 aromatic carbocycles. The molecule has 1 fully saturated rings. The molecule has 2 heterocycles. The van der Waals surface area contributed by atoms with Gasteiger partial charge in [-0.1, -0.05) is 41.4 Å². The summed E-state index contributed by atoms with van der Waals surface area (Å²) in [6.45, 7) is 1.28. The molecule has 3 aromatic rings. The van der Waals surface area contributed by atoms with Gasteiger partial charge in [0.2, 0.25) is 5.91 Å². The zero-order valence-electron chi connectivity index (χ0n) is 14.9. The number of likely N-dealkylation sites (tertiary alicyclic amines) is 1. The summed E-state index contributed by atoms with van der Waals surface area (Å²) in [5.74, 6) is 0.593. The van der Waals surface area contributed by atoms with Crippen LogP contribution in [0.25, 0.3) is 5.69 Å². The van der Waals surface area contributed by atoms with Gasteiger partial charge in [-0.15, -0.1) is 5.10 Å². The molecule has 1 saturated heterocycles. The lowest BCUT2D eigenvalue weighted by molar-refractivity contribution is -0.120. The molecule has 0 aliphatic carbocycles. The number of para-hydroxylation sites is 1. The van der Waals surface area contributed by atoms with E-state index in [9.17, 15) is 4.79 Å². The molecule has 144 valence electrons. The lowest BCUT2D eigenvalue weighted by Gasteiger charge is -2.23. The third-order valence-electron chi connectivity index (χ3n) is 4.73. The Kier molecular flexibility index (Phi) is 5.57. The Labute approximate surface area is 172 Å². The largest absolute Gasteiger partial charge is 0.323 e. The van der Waals surface area contributed by atoms with E-state index in [2.05, 4.69) is 25.7 Å². The van der Waals surface area contributed by atoms with Crippen molar-refractivity contribution in [1.29, 1.82) is 0 Å². The van der Waals surface area contributed by atoms with Crippen LogP contribution in [0, 0.1) is 0 Å². The number of benzene rings is 2. The number of nitrogens with zero attached hydrogens (tertiary/aromatic N) is 5. The van der Waals surface area contributed by atoms with Gasteiger partial charge in [0.15, 0.2) is 5.82 Å². The van der Waals surface area contributed by atoms with E-state index in [1.807, 2.05) is 30.3 Å². The van der Waals surface area contributed by atoms with E-state index in [1.54, 1.807) is 22.9 Å². The predicted octanol–water partition coefficient (Wildman–Crippen LogP) is 3.57. The van der Waals surface area contributed by atoms with E-state index in [-0.39, 0.29) is 11.9 Å². The predicted molar refractivity (Wildman–Crippen MR) is 108 cm³/mol. The van der Waals surface area contributed by atoms with Gasteiger partial charge in [0, 0.05) is 5.02 Å². The monoisotopic (exact) mass is 416 g/mol. The van der Waals surface area contributed by atoms with Crippen LogP contribution >= 0.6 is 23.2 Å². The minimum Gasteiger partial charge on any atom is -0.323 e. The third kappa shape index (κ3) is 4.01. The number of aromatic nitrogens is 4. The van der Waals surface area contributed by atoms with Gasteiger partial charge >= 0.3 is 0 Å². The first-order valence-corrected chi connectivity index (χ1v) is 9.70. The number of hydrogen-bond donors (Lipinski definition) is 1. The molecule has 0 bridgehead atoms. The van der Waals surface area contributed by atoms with Gasteiger partial charge in [0.05, 0.1) is 29.0 Å². The van der Waals surface area contributed by atoms with Crippen molar-refractivity contribution in [2.45, 2.75) is 25.4 Å². The van der Waals surface area contributed by atoms with E-state index in [0.717, 1.165) is 25.1 Å². The van der Waals surface area contributed by atoms with Crippen molar-refractivity contribution in [3.05, 3.63) is 64.4 Å². The quantitative estimate of drug-likeness (QED) is 0.687. The van der Waals surface area contributed by atoms with Crippen LogP contribution in [-0.4, -0.2) is 43.6 Å². The Balaban J connectivity index is 1.49. The number of carbonyl (C=O) groups is 1. The fraction of sp³-hybridized carbons (Fsp3) is 0.263.